The van der Waals surface area contributed by atoms with Gasteiger partial charge in [0.25, 0.3) is 5.56 Å². The van der Waals surface area contributed by atoms with Gasteiger partial charge in [-0.15, -0.1) is 0 Å². The largest absolute Gasteiger partial charge is 0.398 e. The van der Waals surface area contributed by atoms with E-state index in [2.05, 4.69) is 5.32 Å². The lowest BCUT2D eigenvalue weighted by molar-refractivity contribution is -0.138. The molecule has 0 aliphatic carbocycles. The standard InChI is InChI=1S/C13H18N4O3/c1-15-13(20)10-3-2-6-17(10)12(19)8-16-7-9(14)4-5-11(16)18/h4-5,7,10H,2-3,6,8,14H2,1H3,(H,15,20). The molecule has 1 unspecified atom stereocenters. The number of aromatic nitrogens is 1. The van der Waals surface area contributed by atoms with Crippen LogP contribution in [0.15, 0.2) is 23.1 Å². The number of carbonyl (C=O) groups excluding carboxylic acids is 2. The van der Waals surface area contributed by atoms with Gasteiger partial charge in [-0.05, 0) is 18.9 Å². The highest BCUT2D eigenvalue weighted by molar-refractivity contribution is 5.88. The van der Waals surface area contributed by atoms with Crippen LogP contribution in [0.3, 0.4) is 0 Å². The van der Waals surface area contributed by atoms with E-state index in [1.807, 2.05) is 0 Å². The zero-order valence-corrected chi connectivity index (χ0v) is 11.3. The first kappa shape index (κ1) is 14.1. The zero-order chi connectivity index (χ0) is 14.7. The van der Waals surface area contributed by atoms with Gasteiger partial charge in [0.2, 0.25) is 11.8 Å². The summed E-state index contributed by atoms with van der Waals surface area (Å²) in [6.45, 7) is 0.436. The Hall–Kier alpha value is -2.31. The van der Waals surface area contributed by atoms with Gasteiger partial charge in [-0.3, -0.25) is 14.4 Å². The van der Waals surface area contributed by atoms with E-state index in [4.69, 9.17) is 5.73 Å². The lowest BCUT2D eigenvalue weighted by Gasteiger charge is -2.23. The summed E-state index contributed by atoms with van der Waals surface area (Å²) in [5.41, 5.74) is 5.73. The van der Waals surface area contributed by atoms with E-state index < -0.39 is 6.04 Å². The lowest BCUT2D eigenvalue weighted by Crippen LogP contribution is -2.46. The van der Waals surface area contributed by atoms with Crippen LogP contribution in [0.5, 0.6) is 0 Å². The van der Waals surface area contributed by atoms with Crippen LogP contribution < -0.4 is 16.6 Å². The molecule has 1 aliphatic heterocycles. The maximum Gasteiger partial charge on any atom is 0.251 e. The number of amides is 2. The van der Waals surface area contributed by atoms with Gasteiger partial charge in [0.05, 0.1) is 0 Å². The van der Waals surface area contributed by atoms with Crippen molar-refractivity contribution in [3.05, 3.63) is 28.7 Å². The monoisotopic (exact) mass is 278 g/mol. The Morgan fingerprint density at radius 3 is 2.90 bits per heavy atom. The predicted octanol–water partition coefficient (Wildman–Crippen LogP) is -0.832. The van der Waals surface area contributed by atoms with Crippen molar-refractivity contribution >= 4 is 17.5 Å². The van der Waals surface area contributed by atoms with E-state index in [1.54, 1.807) is 7.05 Å². The molecule has 7 nitrogen and oxygen atoms in total. The summed E-state index contributed by atoms with van der Waals surface area (Å²) in [7, 11) is 1.55. The molecule has 1 aromatic heterocycles. The maximum absolute atomic E-state index is 12.3. The van der Waals surface area contributed by atoms with Crippen molar-refractivity contribution in [2.24, 2.45) is 0 Å². The fourth-order valence-electron chi connectivity index (χ4n) is 2.41. The minimum Gasteiger partial charge on any atom is -0.398 e. The Labute approximate surface area is 116 Å². The average molecular weight is 278 g/mol. The molecule has 1 fully saturated rings. The number of likely N-dealkylation sites (tertiary alicyclic amines) is 1. The van der Waals surface area contributed by atoms with Crippen molar-refractivity contribution in [2.45, 2.75) is 25.4 Å². The summed E-state index contributed by atoms with van der Waals surface area (Å²) in [4.78, 5) is 37.1. The first-order valence-electron chi connectivity index (χ1n) is 6.50. The zero-order valence-electron chi connectivity index (χ0n) is 11.3. The van der Waals surface area contributed by atoms with E-state index >= 15 is 0 Å². The number of nitrogen functional groups attached to an aromatic ring is 1. The Kier molecular flexibility index (Phi) is 4.07. The highest BCUT2D eigenvalue weighted by atomic mass is 16.2. The summed E-state index contributed by atoms with van der Waals surface area (Å²) in [5, 5.41) is 2.55. The van der Waals surface area contributed by atoms with E-state index in [0.717, 1.165) is 6.42 Å². The van der Waals surface area contributed by atoms with Gasteiger partial charge in [-0.25, -0.2) is 0 Å². The van der Waals surface area contributed by atoms with Crippen LogP contribution in [-0.4, -0.2) is 40.9 Å². The Morgan fingerprint density at radius 2 is 2.20 bits per heavy atom. The number of likely N-dealkylation sites (N-methyl/N-ethyl adjacent to an activating group) is 1. The van der Waals surface area contributed by atoms with E-state index in [1.165, 1.54) is 27.8 Å². The van der Waals surface area contributed by atoms with E-state index in [-0.39, 0.29) is 23.9 Å². The molecule has 0 aromatic carbocycles. The van der Waals surface area contributed by atoms with Crippen LogP contribution in [0.4, 0.5) is 5.69 Å². The second-order valence-electron chi connectivity index (χ2n) is 4.79. The summed E-state index contributed by atoms with van der Waals surface area (Å²) in [5.74, 6) is -0.417. The number of anilines is 1. The highest BCUT2D eigenvalue weighted by Gasteiger charge is 2.33. The minimum atomic E-state index is -0.440. The van der Waals surface area contributed by atoms with Crippen molar-refractivity contribution < 1.29 is 9.59 Å². The quantitative estimate of drug-likeness (QED) is 0.754. The van der Waals surface area contributed by atoms with Gasteiger partial charge >= 0.3 is 0 Å². The molecule has 2 amide bonds. The summed E-state index contributed by atoms with van der Waals surface area (Å²) >= 11 is 0. The van der Waals surface area contributed by atoms with Crippen LogP contribution in [0.25, 0.3) is 0 Å². The van der Waals surface area contributed by atoms with Gasteiger partial charge < -0.3 is 20.5 Å². The van der Waals surface area contributed by atoms with Crippen molar-refractivity contribution in [1.82, 2.24) is 14.8 Å². The molecule has 1 saturated heterocycles. The molecule has 1 aromatic rings. The first-order valence-corrected chi connectivity index (χ1v) is 6.50. The molecule has 1 aliphatic rings. The Morgan fingerprint density at radius 1 is 1.45 bits per heavy atom. The number of nitrogens with one attached hydrogen (secondary N) is 1. The normalized spacial score (nSPS) is 18.1. The van der Waals surface area contributed by atoms with Gasteiger partial charge in [0.15, 0.2) is 0 Å². The molecule has 0 saturated carbocycles. The van der Waals surface area contributed by atoms with Crippen molar-refractivity contribution in [3.63, 3.8) is 0 Å². The molecule has 0 bridgehead atoms. The third-order valence-electron chi connectivity index (χ3n) is 3.43. The molecule has 7 heteroatoms. The molecular formula is C13H18N4O3. The van der Waals surface area contributed by atoms with Crippen molar-refractivity contribution in [2.75, 3.05) is 19.3 Å². The van der Waals surface area contributed by atoms with Crippen molar-refractivity contribution in [1.29, 1.82) is 0 Å². The van der Waals surface area contributed by atoms with Crippen LogP contribution in [0.2, 0.25) is 0 Å². The predicted molar refractivity (Wildman–Crippen MR) is 73.9 cm³/mol. The number of pyridine rings is 1. The molecule has 2 rings (SSSR count). The number of hydrogen-bond donors (Lipinski definition) is 2. The van der Waals surface area contributed by atoms with Crippen LogP contribution >= 0.6 is 0 Å². The number of carbonyl (C=O) groups is 2. The SMILES string of the molecule is CNC(=O)C1CCCN1C(=O)Cn1cc(N)ccc1=O. The van der Waals surface area contributed by atoms with Gasteiger partial charge in [0, 0.05) is 31.5 Å². The lowest BCUT2D eigenvalue weighted by atomic mass is 10.2. The number of rotatable bonds is 3. The molecule has 108 valence electrons. The Balaban J connectivity index is 2.13. The average Bonchev–Trinajstić information content (AvgIpc) is 2.91. The molecule has 0 radical (unpaired) electrons. The second kappa shape index (κ2) is 5.77. The molecule has 1 atom stereocenters. The van der Waals surface area contributed by atoms with Gasteiger partial charge in [-0.2, -0.15) is 0 Å². The van der Waals surface area contributed by atoms with Gasteiger partial charge in [-0.1, -0.05) is 0 Å². The number of nitrogens with two attached hydrogens (primary N) is 1. The fraction of sp³-hybridized carbons (Fsp3) is 0.462. The summed E-state index contributed by atoms with van der Waals surface area (Å²) in [6.07, 6.45) is 2.87. The van der Waals surface area contributed by atoms with Crippen molar-refractivity contribution in [3.8, 4) is 0 Å². The third kappa shape index (κ3) is 2.81. The maximum atomic E-state index is 12.3. The minimum absolute atomic E-state index is 0.0998. The molecule has 0 spiro atoms. The number of nitrogens with zero attached hydrogens (tertiary/aromatic N) is 2. The van der Waals surface area contributed by atoms with E-state index in [0.29, 0.717) is 18.7 Å². The van der Waals surface area contributed by atoms with E-state index in [9.17, 15) is 14.4 Å². The summed E-state index contributed by atoms with van der Waals surface area (Å²) < 4.78 is 1.26. The summed E-state index contributed by atoms with van der Waals surface area (Å²) in [6, 6.07) is 2.37. The smallest absolute Gasteiger partial charge is 0.251 e. The topological polar surface area (TPSA) is 97.4 Å². The third-order valence-corrected chi connectivity index (χ3v) is 3.43. The molecule has 2 heterocycles. The second-order valence-corrected chi connectivity index (χ2v) is 4.79. The van der Waals surface area contributed by atoms with Gasteiger partial charge in [0.1, 0.15) is 12.6 Å². The molecular weight excluding hydrogens is 260 g/mol. The first-order chi connectivity index (χ1) is 9.52. The molecule has 20 heavy (non-hydrogen) atoms. The van der Waals surface area contributed by atoms with Crippen LogP contribution in [0, 0.1) is 0 Å². The van der Waals surface area contributed by atoms with Crippen LogP contribution in [-0.2, 0) is 16.1 Å². The van der Waals surface area contributed by atoms with Crippen LogP contribution in [0.1, 0.15) is 12.8 Å². The fourth-order valence-corrected chi connectivity index (χ4v) is 2.41. The Bertz CT molecular complexity index is 581. The molecule has 3 N–H and O–H groups in total. The number of hydrogen-bond acceptors (Lipinski definition) is 4. The highest BCUT2D eigenvalue weighted by Crippen LogP contribution is 2.17.